The highest BCUT2D eigenvalue weighted by Crippen LogP contribution is 2.22. The van der Waals surface area contributed by atoms with Crippen LogP contribution in [0.5, 0.6) is 0 Å². The summed E-state index contributed by atoms with van der Waals surface area (Å²) in [6, 6.07) is 10.3. The van der Waals surface area contributed by atoms with Crippen LogP contribution in [0.4, 0.5) is 0 Å². The van der Waals surface area contributed by atoms with Crippen LogP contribution in [0.25, 0.3) is 10.9 Å². The van der Waals surface area contributed by atoms with Crippen molar-refractivity contribution in [1.82, 2.24) is 15.2 Å². The molecule has 1 aromatic heterocycles. The standard InChI is InChI=1S/C20H27N3O3/c24-20-17(11-15-3-1-2-4-18(15)22-20)12-21-13-19(16-5-8-26-14-16)23-6-9-25-10-7-23/h1-4,11,16,19,21H,5-10,12-14H2,(H,22,24). The predicted octanol–water partition coefficient (Wildman–Crippen LogP) is 1.35. The average molecular weight is 357 g/mol. The van der Waals surface area contributed by atoms with Crippen molar-refractivity contribution in [3.05, 3.63) is 46.2 Å². The van der Waals surface area contributed by atoms with E-state index in [2.05, 4.69) is 15.2 Å². The predicted molar refractivity (Wildman–Crippen MR) is 101 cm³/mol. The van der Waals surface area contributed by atoms with Gasteiger partial charge < -0.3 is 19.8 Å². The van der Waals surface area contributed by atoms with Gasteiger partial charge in [0.2, 0.25) is 0 Å². The molecule has 0 amide bonds. The zero-order chi connectivity index (χ0) is 17.8. The number of rotatable bonds is 6. The van der Waals surface area contributed by atoms with Gasteiger partial charge in [-0.1, -0.05) is 18.2 Å². The summed E-state index contributed by atoms with van der Waals surface area (Å²) < 4.78 is 11.1. The Balaban J connectivity index is 1.42. The molecule has 0 radical (unpaired) electrons. The highest BCUT2D eigenvalue weighted by atomic mass is 16.5. The smallest absolute Gasteiger partial charge is 0.252 e. The largest absolute Gasteiger partial charge is 0.381 e. The number of H-pyrrole nitrogens is 1. The second kappa shape index (κ2) is 8.31. The van der Waals surface area contributed by atoms with Crippen LogP contribution in [0.3, 0.4) is 0 Å². The number of ether oxygens (including phenoxy) is 2. The first-order valence-corrected chi connectivity index (χ1v) is 9.52. The first kappa shape index (κ1) is 17.7. The maximum Gasteiger partial charge on any atom is 0.252 e. The topological polar surface area (TPSA) is 66.6 Å². The molecular weight excluding hydrogens is 330 g/mol. The summed E-state index contributed by atoms with van der Waals surface area (Å²) in [6.45, 7) is 6.67. The van der Waals surface area contributed by atoms with Crippen molar-refractivity contribution < 1.29 is 9.47 Å². The number of hydrogen-bond acceptors (Lipinski definition) is 5. The molecule has 2 aromatic rings. The van der Waals surface area contributed by atoms with Crippen LogP contribution in [-0.2, 0) is 16.0 Å². The summed E-state index contributed by atoms with van der Waals surface area (Å²) in [6.07, 6.45) is 1.11. The van der Waals surface area contributed by atoms with Gasteiger partial charge in [0.15, 0.2) is 0 Å². The number of morpholine rings is 1. The van der Waals surface area contributed by atoms with Gasteiger partial charge in [-0.15, -0.1) is 0 Å². The lowest BCUT2D eigenvalue weighted by Gasteiger charge is -2.37. The van der Waals surface area contributed by atoms with Crippen molar-refractivity contribution in [3.8, 4) is 0 Å². The molecule has 2 N–H and O–H groups in total. The lowest BCUT2D eigenvalue weighted by molar-refractivity contribution is 0.00137. The average Bonchev–Trinajstić information content (AvgIpc) is 3.20. The van der Waals surface area contributed by atoms with Crippen molar-refractivity contribution in [2.24, 2.45) is 5.92 Å². The van der Waals surface area contributed by atoms with E-state index in [1.165, 1.54) is 0 Å². The second-order valence-electron chi connectivity index (χ2n) is 7.18. The van der Waals surface area contributed by atoms with E-state index in [1.54, 1.807) is 0 Å². The summed E-state index contributed by atoms with van der Waals surface area (Å²) in [5, 5.41) is 4.59. The third kappa shape index (κ3) is 3.99. The molecule has 2 fully saturated rings. The summed E-state index contributed by atoms with van der Waals surface area (Å²) in [7, 11) is 0. The van der Waals surface area contributed by atoms with E-state index in [0.717, 1.165) is 68.9 Å². The normalized spacial score (nSPS) is 22.7. The van der Waals surface area contributed by atoms with Gasteiger partial charge in [0.25, 0.3) is 5.56 Å². The summed E-state index contributed by atoms with van der Waals surface area (Å²) in [4.78, 5) is 17.8. The highest BCUT2D eigenvalue weighted by Gasteiger charge is 2.31. The van der Waals surface area contributed by atoms with Crippen molar-refractivity contribution in [2.45, 2.75) is 19.0 Å². The van der Waals surface area contributed by atoms with Crippen LogP contribution >= 0.6 is 0 Å². The SMILES string of the molecule is O=c1[nH]c2ccccc2cc1CNCC(C1CCOC1)N1CCOCC1. The zero-order valence-corrected chi connectivity index (χ0v) is 15.1. The molecule has 4 rings (SSSR count). The van der Waals surface area contributed by atoms with Crippen LogP contribution in [-0.4, -0.2) is 62.0 Å². The van der Waals surface area contributed by atoms with E-state index in [-0.39, 0.29) is 5.56 Å². The maximum atomic E-state index is 12.3. The third-order valence-electron chi connectivity index (χ3n) is 5.52. The molecule has 2 aliphatic rings. The van der Waals surface area contributed by atoms with Crippen LogP contribution in [0, 0.1) is 5.92 Å². The minimum Gasteiger partial charge on any atom is -0.381 e. The minimum absolute atomic E-state index is 0.0108. The fourth-order valence-electron chi connectivity index (χ4n) is 4.04. The van der Waals surface area contributed by atoms with Gasteiger partial charge in [0, 0.05) is 55.8 Å². The molecule has 6 heteroatoms. The number of pyridine rings is 1. The van der Waals surface area contributed by atoms with Gasteiger partial charge in [-0.2, -0.15) is 0 Å². The Kier molecular flexibility index (Phi) is 5.65. The molecule has 2 atom stereocenters. The number of para-hydroxylation sites is 1. The molecule has 6 nitrogen and oxygen atoms in total. The Morgan fingerprint density at radius 2 is 2.04 bits per heavy atom. The summed E-state index contributed by atoms with van der Waals surface area (Å²) in [5.41, 5.74) is 1.66. The molecule has 0 bridgehead atoms. The van der Waals surface area contributed by atoms with Crippen molar-refractivity contribution in [3.63, 3.8) is 0 Å². The number of nitrogens with zero attached hydrogens (tertiary/aromatic N) is 1. The van der Waals surface area contributed by atoms with E-state index in [1.807, 2.05) is 30.3 Å². The summed E-state index contributed by atoms with van der Waals surface area (Å²) in [5.74, 6) is 0.551. The number of fused-ring (bicyclic) bond motifs is 1. The Labute approximate surface area is 153 Å². The number of aromatic amines is 1. The Bertz CT molecular complexity index is 779. The number of nitrogens with one attached hydrogen (secondary N) is 2. The first-order valence-electron chi connectivity index (χ1n) is 9.52. The monoisotopic (exact) mass is 357 g/mol. The van der Waals surface area contributed by atoms with E-state index < -0.39 is 0 Å². The molecule has 3 heterocycles. The second-order valence-corrected chi connectivity index (χ2v) is 7.18. The fraction of sp³-hybridized carbons (Fsp3) is 0.550. The Morgan fingerprint density at radius 1 is 1.19 bits per heavy atom. The van der Waals surface area contributed by atoms with Gasteiger partial charge in [0.05, 0.1) is 19.8 Å². The van der Waals surface area contributed by atoms with Gasteiger partial charge in [-0.25, -0.2) is 0 Å². The molecule has 1 aromatic carbocycles. The lowest BCUT2D eigenvalue weighted by atomic mass is 9.96. The van der Waals surface area contributed by atoms with Crippen molar-refractivity contribution >= 4 is 10.9 Å². The van der Waals surface area contributed by atoms with Gasteiger partial charge in [0.1, 0.15) is 0 Å². The Hall–Kier alpha value is -1.73. The maximum absolute atomic E-state index is 12.3. The quantitative estimate of drug-likeness (QED) is 0.817. The molecular formula is C20H27N3O3. The molecule has 2 unspecified atom stereocenters. The van der Waals surface area contributed by atoms with E-state index >= 15 is 0 Å². The van der Waals surface area contributed by atoms with Gasteiger partial charge in [-0.05, 0) is 23.9 Å². The minimum atomic E-state index is -0.0108. The first-order chi connectivity index (χ1) is 12.8. The lowest BCUT2D eigenvalue weighted by Crippen LogP contribution is -2.51. The summed E-state index contributed by atoms with van der Waals surface area (Å²) >= 11 is 0. The highest BCUT2D eigenvalue weighted by molar-refractivity contribution is 5.78. The van der Waals surface area contributed by atoms with Crippen molar-refractivity contribution in [1.29, 1.82) is 0 Å². The van der Waals surface area contributed by atoms with Crippen LogP contribution in [0.2, 0.25) is 0 Å². The Morgan fingerprint density at radius 3 is 2.85 bits per heavy atom. The van der Waals surface area contributed by atoms with E-state index in [9.17, 15) is 4.79 Å². The number of aromatic nitrogens is 1. The van der Waals surface area contributed by atoms with E-state index in [4.69, 9.17) is 9.47 Å². The van der Waals surface area contributed by atoms with Crippen LogP contribution in [0.15, 0.2) is 35.1 Å². The molecule has 2 aliphatic heterocycles. The molecule has 26 heavy (non-hydrogen) atoms. The van der Waals surface area contributed by atoms with Gasteiger partial charge in [-0.3, -0.25) is 9.69 Å². The molecule has 140 valence electrons. The van der Waals surface area contributed by atoms with E-state index in [0.29, 0.717) is 18.5 Å². The molecule has 2 saturated heterocycles. The molecule has 0 saturated carbocycles. The fourth-order valence-corrected chi connectivity index (χ4v) is 4.04. The van der Waals surface area contributed by atoms with Crippen molar-refractivity contribution in [2.75, 3.05) is 46.1 Å². The third-order valence-corrected chi connectivity index (χ3v) is 5.52. The number of hydrogen-bond donors (Lipinski definition) is 2. The zero-order valence-electron chi connectivity index (χ0n) is 15.1. The van der Waals surface area contributed by atoms with Crippen LogP contribution < -0.4 is 10.9 Å². The molecule has 0 spiro atoms. The molecule has 0 aliphatic carbocycles. The number of benzene rings is 1. The van der Waals surface area contributed by atoms with Crippen LogP contribution in [0.1, 0.15) is 12.0 Å². The van der Waals surface area contributed by atoms with Gasteiger partial charge >= 0.3 is 0 Å².